The summed E-state index contributed by atoms with van der Waals surface area (Å²) in [5, 5.41) is 6.87. The standard InChI is InChI=1S/C16H21N3S/c1-13-11-17-7-6-16(13)19-9-8-18-12-14-4-3-5-15(10-14)20-2/h3-7,10-11,18H,8-9,12H2,1-2H3,(H,17,19). The van der Waals surface area contributed by atoms with Gasteiger partial charge in [0, 0.05) is 42.6 Å². The van der Waals surface area contributed by atoms with E-state index in [4.69, 9.17) is 0 Å². The fraction of sp³-hybridized carbons (Fsp3) is 0.312. The van der Waals surface area contributed by atoms with Crippen molar-refractivity contribution in [1.29, 1.82) is 0 Å². The van der Waals surface area contributed by atoms with Crippen molar-refractivity contribution in [3.8, 4) is 0 Å². The number of aromatic nitrogens is 1. The van der Waals surface area contributed by atoms with Crippen molar-refractivity contribution in [3.05, 3.63) is 53.9 Å². The van der Waals surface area contributed by atoms with Crippen LogP contribution in [0.25, 0.3) is 0 Å². The number of anilines is 1. The van der Waals surface area contributed by atoms with Crippen LogP contribution in [-0.2, 0) is 6.54 Å². The second-order valence-electron chi connectivity index (χ2n) is 4.65. The molecule has 3 nitrogen and oxygen atoms in total. The molecule has 4 heteroatoms. The van der Waals surface area contributed by atoms with Crippen molar-refractivity contribution in [2.45, 2.75) is 18.4 Å². The lowest BCUT2D eigenvalue weighted by Crippen LogP contribution is -2.22. The van der Waals surface area contributed by atoms with Crippen molar-refractivity contribution in [3.63, 3.8) is 0 Å². The second-order valence-corrected chi connectivity index (χ2v) is 5.53. The van der Waals surface area contributed by atoms with Gasteiger partial charge >= 0.3 is 0 Å². The smallest absolute Gasteiger partial charge is 0.0401 e. The molecule has 2 rings (SSSR count). The molecular formula is C16H21N3S. The van der Waals surface area contributed by atoms with Crippen molar-refractivity contribution in [1.82, 2.24) is 10.3 Å². The van der Waals surface area contributed by atoms with Gasteiger partial charge in [-0.3, -0.25) is 4.98 Å². The Morgan fingerprint density at radius 2 is 2.10 bits per heavy atom. The highest BCUT2D eigenvalue weighted by Gasteiger charge is 1.97. The fourth-order valence-corrected chi connectivity index (χ4v) is 2.46. The Hall–Kier alpha value is -1.52. The molecule has 0 aliphatic heterocycles. The Balaban J connectivity index is 1.70. The van der Waals surface area contributed by atoms with Crippen molar-refractivity contribution in [2.75, 3.05) is 24.7 Å². The number of hydrogen-bond acceptors (Lipinski definition) is 4. The van der Waals surface area contributed by atoms with Crippen molar-refractivity contribution >= 4 is 17.4 Å². The largest absolute Gasteiger partial charge is 0.383 e. The van der Waals surface area contributed by atoms with Crippen LogP contribution in [0.15, 0.2) is 47.6 Å². The summed E-state index contributed by atoms with van der Waals surface area (Å²) in [6.07, 6.45) is 5.80. The van der Waals surface area contributed by atoms with E-state index in [2.05, 4.69) is 53.1 Å². The number of pyridine rings is 1. The molecule has 1 heterocycles. The summed E-state index contributed by atoms with van der Waals surface area (Å²) in [5.41, 5.74) is 3.67. The zero-order valence-electron chi connectivity index (χ0n) is 12.0. The maximum absolute atomic E-state index is 4.09. The van der Waals surface area contributed by atoms with Gasteiger partial charge in [0.15, 0.2) is 0 Å². The quantitative estimate of drug-likeness (QED) is 0.605. The highest BCUT2D eigenvalue weighted by atomic mass is 32.2. The van der Waals surface area contributed by atoms with Crippen LogP contribution in [-0.4, -0.2) is 24.3 Å². The lowest BCUT2D eigenvalue weighted by Gasteiger charge is -2.10. The molecule has 0 spiro atoms. The summed E-state index contributed by atoms with van der Waals surface area (Å²) in [6.45, 7) is 4.82. The predicted octanol–water partition coefficient (Wildman–Crippen LogP) is 3.31. The predicted molar refractivity (Wildman–Crippen MR) is 87.4 cm³/mol. The number of aryl methyl sites for hydroxylation is 1. The number of thioether (sulfide) groups is 1. The Kier molecular flexibility index (Phi) is 5.89. The molecule has 0 fully saturated rings. The zero-order chi connectivity index (χ0) is 14.2. The molecule has 1 aromatic heterocycles. The number of nitrogens with one attached hydrogen (secondary N) is 2. The molecule has 0 aliphatic carbocycles. The minimum Gasteiger partial charge on any atom is -0.383 e. The molecule has 2 aromatic rings. The molecule has 2 N–H and O–H groups in total. The first kappa shape index (κ1) is 14.9. The van der Waals surface area contributed by atoms with E-state index >= 15 is 0 Å². The minimum absolute atomic E-state index is 0.908. The zero-order valence-corrected chi connectivity index (χ0v) is 12.8. The van der Waals surface area contributed by atoms with Gasteiger partial charge in [0.25, 0.3) is 0 Å². The first-order valence-corrected chi connectivity index (χ1v) is 8.00. The molecular weight excluding hydrogens is 266 g/mol. The Bertz CT molecular complexity index is 543. The molecule has 1 aromatic carbocycles. The molecule has 0 atom stereocenters. The maximum Gasteiger partial charge on any atom is 0.0401 e. The average molecular weight is 287 g/mol. The Labute approximate surface area is 125 Å². The van der Waals surface area contributed by atoms with Gasteiger partial charge in [-0.15, -0.1) is 11.8 Å². The van der Waals surface area contributed by atoms with Crippen LogP contribution in [0, 0.1) is 6.92 Å². The highest BCUT2D eigenvalue weighted by Crippen LogP contribution is 2.15. The summed E-state index contributed by atoms with van der Waals surface area (Å²) >= 11 is 1.78. The number of nitrogens with zero attached hydrogens (tertiary/aromatic N) is 1. The highest BCUT2D eigenvalue weighted by molar-refractivity contribution is 7.98. The van der Waals surface area contributed by atoms with Gasteiger partial charge in [-0.05, 0) is 42.5 Å². The van der Waals surface area contributed by atoms with Crippen LogP contribution in [0.2, 0.25) is 0 Å². The molecule has 20 heavy (non-hydrogen) atoms. The Morgan fingerprint density at radius 1 is 1.20 bits per heavy atom. The third-order valence-electron chi connectivity index (χ3n) is 3.10. The van der Waals surface area contributed by atoms with Crippen molar-refractivity contribution in [2.24, 2.45) is 0 Å². The topological polar surface area (TPSA) is 37.0 Å². The molecule has 0 radical (unpaired) electrons. The summed E-state index contributed by atoms with van der Waals surface area (Å²) in [7, 11) is 0. The van der Waals surface area contributed by atoms with Gasteiger partial charge in [-0.25, -0.2) is 0 Å². The van der Waals surface area contributed by atoms with Crippen molar-refractivity contribution < 1.29 is 0 Å². The van der Waals surface area contributed by atoms with Gasteiger partial charge in [0.05, 0.1) is 0 Å². The summed E-state index contributed by atoms with van der Waals surface area (Å²) in [6, 6.07) is 10.7. The normalized spacial score (nSPS) is 10.5. The summed E-state index contributed by atoms with van der Waals surface area (Å²) in [5.74, 6) is 0. The van der Waals surface area contributed by atoms with E-state index in [-0.39, 0.29) is 0 Å². The minimum atomic E-state index is 0.908. The van der Waals surface area contributed by atoms with Gasteiger partial charge in [-0.2, -0.15) is 0 Å². The van der Waals surface area contributed by atoms with Crippen LogP contribution in [0.4, 0.5) is 5.69 Å². The number of hydrogen-bond donors (Lipinski definition) is 2. The monoisotopic (exact) mass is 287 g/mol. The summed E-state index contributed by atoms with van der Waals surface area (Å²) in [4.78, 5) is 5.40. The van der Waals surface area contributed by atoms with Gasteiger partial charge < -0.3 is 10.6 Å². The third kappa shape index (κ3) is 4.54. The lowest BCUT2D eigenvalue weighted by atomic mass is 10.2. The average Bonchev–Trinajstić information content (AvgIpc) is 2.49. The first-order valence-electron chi connectivity index (χ1n) is 6.78. The third-order valence-corrected chi connectivity index (χ3v) is 3.83. The van der Waals surface area contributed by atoms with E-state index in [1.54, 1.807) is 11.8 Å². The van der Waals surface area contributed by atoms with E-state index in [0.717, 1.165) is 25.3 Å². The first-order chi connectivity index (χ1) is 9.79. The number of benzene rings is 1. The van der Waals surface area contributed by atoms with Gasteiger partial charge in [-0.1, -0.05) is 12.1 Å². The molecule has 0 bridgehead atoms. The van der Waals surface area contributed by atoms with Gasteiger partial charge in [0.2, 0.25) is 0 Å². The van der Waals surface area contributed by atoms with E-state index in [1.807, 2.05) is 18.5 Å². The van der Waals surface area contributed by atoms with E-state index in [9.17, 15) is 0 Å². The van der Waals surface area contributed by atoms with Crippen LogP contribution < -0.4 is 10.6 Å². The van der Waals surface area contributed by atoms with E-state index in [0.29, 0.717) is 0 Å². The lowest BCUT2D eigenvalue weighted by molar-refractivity contribution is 0.705. The van der Waals surface area contributed by atoms with E-state index < -0.39 is 0 Å². The fourth-order valence-electron chi connectivity index (χ4n) is 1.97. The van der Waals surface area contributed by atoms with Gasteiger partial charge in [0.1, 0.15) is 0 Å². The molecule has 0 saturated carbocycles. The Morgan fingerprint density at radius 3 is 2.90 bits per heavy atom. The second kappa shape index (κ2) is 7.92. The molecule has 0 unspecified atom stereocenters. The van der Waals surface area contributed by atoms with Crippen LogP contribution in [0.3, 0.4) is 0 Å². The molecule has 0 saturated heterocycles. The molecule has 0 aliphatic rings. The summed E-state index contributed by atoms with van der Waals surface area (Å²) < 4.78 is 0. The maximum atomic E-state index is 4.09. The molecule has 0 amide bonds. The van der Waals surface area contributed by atoms with Crippen LogP contribution >= 0.6 is 11.8 Å². The molecule has 106 valence electrons. The van der Waals surface area contributed by atoms with Crippen LogP contribution in [0.5, 0.6) is 0 Å². The number of rotatable bonds is 7. The SMILES string of the molecule is CSc1cccc(CNCCNc2ccncc2C)c1. The van der Waals surface area contributed by atoms with Crippen LogP contribution in [0.1, 0.15) is 11.1 Å². The van der Waals surface area contributed by atoms with E-state index in [1.165, 1.54) is 16.0 Å².